The van der Waals surface area contributed by atoms with Gasteiger partial charge in [-0.05, 0) is 19.3 Å². The van der Waals surface area contributed by atoms with Crippen LogP contribution in [0.2, 0.25) is 0 Å². The molecule has 4 heteroatoms. The Morgan fingerprint density at radius 2 is 1.76 bits per heavy atom. The van der Waals surface area contributed by atoms with Crippen LogP contribution in [-0.4, -0.2) is 17.7 Å². The summed E-state index contributed by atoms with van der Waals surface area (Å²) in [5, 5.41) is 0. The second kappa shape index (κ2) is 6.62. The van der Waals surface area contributed by atoms with E-state index in [0.717, 1.165) is 32.1 Å². The standard InChI is InChI=1S/C13H22O4/c1-3-4-8-12(15)17-13(16-11(2)14)9-6-5-7-10-13/h3-10H2,1-2H3. The molecule has 1 rings (SSSR count). The van der Waals surface area contributed by atoms with Crippen molar-refractivity contribution in [3.63, 3.8) is 0 Å². The number of carbonyl (C=O) groups excluding carboxylic acids is 2. The lowest BCUT2D eigenvalue weighted by atomic mass is 9.94. The summed E-state index contributed by atoms with van der Waals surface area (Å²) in [5.74, 6) is -1.61. The van der Waals surface area contributed by atoms with Crippen molar-refractivity contribution in [2.24, 2.45) is 0 Å². The molecule has 0 aromatic rings. The van der Waals surface area contributed by atoms with E-state index in [2.05, 4.69) is 0 Å². The molecule has 4 nitrogen and oxygen atoms in total. The van der Waals surface area contributed by atoms with E-state index in [1.165, 1.54) is 6.92 Å². The van der Waals surface area contributed by atoms with E-state index in [1.54, 1.807) is 0 Å². The van der Waals surface area contributed by atoms with Gasteiger partial charge in [0.2, 0.25) is 0 Å². The molecule has 98 valence electrons. The van der Waals surface area contributed by atoms with Crippen LogP contribution in [0, 0.1) is 0 Å². The van der Waals surface area contributed by atoms with Gasteiger partial charge in [-0.15, -0.1) is 0 Å². The lowest BCUT2D eigenvalue weighted by Gasteiger charge is -2.35. The topological polar surface area (TPSA) is 52.6 Å². The Hall–Kier alpha value is -1.06. The maximum Gasteiger partial charge on any atom is 0.309 e. The van der Waals surface area contributed by atoms with E-state index in [0.29, 0.717) is 19.3 Å². The van der Waals surface area contributed by atoms with Gasteiger partial charge in [0.1, 0.15) is 0 Å². The largest absolute Gasteiger partial charge is 0.423 e. The van der Waals surface area contributed by atoms with Crippen molar-refractivity contribution in [3.05, 3.63) is 0 Å². The zero-order valence-electron chi connectivity index (χ0n) is 10.8. The molecule has 0 aliphatic heterocycles. The highest BCUT2D eigenvalue weighted by atomic mass is 16.7. The van der Waals surface area contributed by atoms with Crippen LogP contribution >= 0.6 is 0 Å². The SMILES string of the molecule is CCCCC(=O)OC1(OC(C)=O)CCCCC1. The molecule has 1 saturated carbocycles. The summed E-state index contributed by atoms with van der Waals surface area (Å²) in [6.45, 7) is 3.38. The van der Waals surface area contributed by atoms with Crippen molar-refractivity contribution in [3.8, 4) is 0 Å². The van der Waals surface area contributed by atoms with Crippen LogP contribution < -0.4 is 0 Å². The molecule has 0 atom stereocenters. The van der Waals surface area contributed by atoms with Gasteiger partial charge in [-0.3, -0.25) is 9.59 Å². The molecule has 1 aliphatic carbocycles. The maximum atomic E-state index is 11.6. The summed E-state index contributed by atoms with van der Waals surface area (Å²) in [6, 6.07) is 0. The molecule has 0 N–H and O–H groups in total. The lowest BCUT2D eigenvalue weighted by molar-refractivity contribution is -0.237. The molecule has 1 aliphatic rings. The Morgan fingerprint density at radius 1 is 1.12 bits per heavy atom. The molecular formula is C13H22O4. The van der Waals surface area contributed by atoms with E-state index >= 15 is 0 Å². The van der Waals surface area contributed by atoms with Gasteiger partial charge in [-0.1, -0.05) is 19.8 Å². The third-order valence-corrected chi connectivity index (χ3v) is 2.98. The van der Waals surface area contributed by atoms with Crippen molar-refractivity contribution in [1.82, 2.24) is 0 Å². The van der Waals surface area contributed by atoms with Crippen LogP contribution in [0.1, 0.15) is 65.2 Å². The third kappa shape index (κ3) is 4.75. The number of rotatable bonds is 5. The first kappa shape index (κ1) is 14.0. The maximum absolute atomic E-state index is 11.6. The molecule has 0 amide bonds. The van der Waals surface area contributed by atoms with E-state index in [9.17, 15) is 9.59 Å². The molecule has 0 heterocycles. The third-order valence-electron chi connectivity index (χ3n) is 2.98. The predicted molar refractivity (Wildman–Crippen MR) is 63.2 cm³/mol. The predicted octanol–water partition coefficient (Wildman–Crippen LogP) is 2.94. The molecule has 17 heavy (non-hydrogen) atoms. The highest BCUT2D eigenvalue weighted by Crippen LogP contribution is 2.33. The van der Waals surface area contributed by atoms with Crippen molar-refractivity contribution in [2.45, 2.75) is 71.0 Å². The normalized spacial score (nSPS) is 18.5. The number of hydrogen-bond donors (Lipinski definition) is 0. The van der Waals surface area contributed by atoms with Crippen molar-refractivity contribution >= 4 is 11.9 Å². The summed E-state index contributed by atoms with van der Waals surface area (Å²) in [6.07, 6.45) is 6.41. The van der Waals surface area contributed by atoms with E-state index < -0.39 is 5.79 Å². The van der Waals surface area contributed by atoms with Gasteiger partial charge in [-0.2, -0.15) is 0 Å². The Bertz CT molecular complexity index is 267. The summed E-state index contributed by atoms with van der Waals surface area (Å²) in [5.41, 5.74) is 0. The van der Waals surface area contributed by atoms with Crippen LogP contribution in [0.15, 0.2) is 0 Å². The summed E-state index contributed by atoms with van der Waals surface area (Å²) < 4.78 is 10.7. The minimum absolute atomic E-state index is 0.255. The van der Waals surface area contributed by atoms with Gasteiger partial charge < -0.3 is 9.47 Å². The molecule has 0 aromatic heterocycles. The summed E-state index contributed by atoms with van der Waals surface area (Å²) >= 11 is 0. The average molecular weight is 242 g/mol. The molecule has 0 aromatic carbocycles. The highest BCUT2D eigenvalue weighted by Gasteiger charge is 2.38. The van der Waals surface area contributed by atoms with Crippen molar-refractivity contribution < 1.29 is 19.1 Å². The molecule has 0 radical (unpaired) electrons. The Labute approximate surface area is 103 Å². The van der Waals surface area contributed by atoms with E-state index in [-0.39, 0.29) is 11.9 Å². The van der Waals surface area contributed by atoms with Crippen LogP contribution in [0.5, 0.6) is 0 Å². The highest BCUT2D eigenvalue weighted by molar-refractivity contribution is 5.71. The quantitative estimate of drug-likeness (QED) is 0.549. The first-order valence-electron chi connectivity index (χ1n) is 6.49. The van der Waals surface area contributed by atoms with Crippen LogP contribution in [-0.2, 0) is 19.1 Å². The van der Waals surface area contributed by atoms with E-state index in [4.69, 9.17) is 9.47 Å². The van der Waals surface area contributed by atoms with Crippen LogP contribution in [0.3, 0.4) is 0 Å². The Balaban J connectivity index is 2.56. The first-order chi connectivity index (χ1) is 8.08. The van der Waals surface area contributed by atoms with Gasteiger partial charge in [0.15, 0.2) is 0 Å². The van der Waals surface area contributed by atoms with Crippen LogP contribution in [0.25, 0.3) is 0 Å². The number of unbranched alkanes of at least 4 members (excludes halogenated alkanes) is 1. The van der Waals surface area contributed by atoms with Gasteiger partial charge in [0, 0.05) is 26.2 Å². The lowest BCUT2D eigenvalue weighted by Crippen LogP contribution is -2.41. The van der Waals surface area contributed by atoms with Gasteiger partial charge in [0.25, 0.3) is 5.79 Å². The van der Waals surface area contributed by atoms with Crippen LogP contribution in [0.4, 0.5) is 0 Å². The second-order valence-electron chi connectivity index (χ2n) is 4.64. The fraction of sp³-hybridized carbons (Fsp3) is 0.846. The Kier molecular flexibility index (Phi) is 5.45. The monoisotopic (exact) mass is 242 g/mol. The van der Waals surface area contributed by atoms with Crippen molar-refractivity contribution in [1.29, 1.82) is 0 Å². The average Bonchev–Trinajstić information content (AvgIpc) is 2.26. The number of hydrogen-bond acceptors (Lipinski definition) is 4. The molecule has 1 fully saturated rings. The second-order valence-corrected chi connectivity index (χ2v) is 4.64. The zero-order valence-corrected chi connectivity index (χ0v) is 10.8. The smallest absolute Gasteiger partial charge is 0.309 e. The van der Waals surface area contributed by atoms with Gasteiger partial charge >= 0.3 is 11.9 Å². The number of esters is 2. The fourth-order valence-electron chi connectivity index (χ4n) is 2.16. The molecule has 0 saturated heterocycles. The molecule has 0 unspecified atom stereocenters. The van der Waals surface area contributed by atoms with E-state index in [1.807, 2.05) is 6.92 Å². The molecule has 0 spiro atoms. The van der Waals surface area contributed by atoms with Gasteiger partial charge in [-0.25, -0.2) is 0 Å². The Morgan fingerprint density at radius 3 is 2.29 bits per heavy atom. The summed E-state index contributed by atoms with van der Waals surface area (Å²) in [7, 11) is 0. The number of ether oxygens (including phenoxy) is 2. The molecule has 0 bridgehead atoms. The minimum Gasteiger partial charge on any atom is -0.423 e. The van der Waals surface area contributed by atoms with Gasteiger partial charge in [0.05, 0.1) is 0 Å². The van der Waals surface area contributed by atoms with Crippen molar-refractivity contribution in [2.75, 3.05) is 0 Å². The first-order valence-corrected chi connectivity index (χ1v) is 6.49. The summed E-state index contributed by atoms with van der Waals surface area (Å²) in [4.78, 5) is 22.7. The zero-order chi connectivity index (χ0) is 12.7. The minimum atomic E-state index is -0.977. The number of carbonyl (C=O) groups is 2. The molecular weight excluding hydrogens is 220 g/mol. The fourth-order valence-corrected chi connectivity index (χ4v) is 2.16.